The van der Waals surface area contributed by atoms with Crippen LogP contribution in [0.15, 0.2) is 58.6 Å². The minimum atomic E-state index is -4.05. The van der Waals surface area contributed by atoms with E-state index in [1.807, 2.05) is 0 Å². The van der Waals surface area contributed by atoms with Crippen molar-refractivity contribution in [3.8, 4) is 0 Å². The van der Waals surface area contributed by atoms with Crippen molar-refractivity contribution in [3.05, 3.63) is 48.8 Å². The third-order valence-electron chi connectivity index (χ3n) is 4.54. The topological polar surface area (TPSA) is 146 Å². The maximum Gasteiger partial charge on any atom is 0.261 e. The number of pyridine rings is 1. The number of rotatable bonds is 6. The molecule has 1 amide bonds. The summed E-state index contributed by atoms with van der Waals surface area (Å²) in [5.74, 6) is -0.797. The van der Waals surface area contributed by atoms with Crippen molar-refractivity contribution in [1.29, 1.82) is 0 Å². The lowest BCUT2D eigenvalue weighted by atomic mass is 10.0. The van der Waals surface area contributed by atoms with E-state index in [4.69, 9.17) is 5.21 Å². The van der Waals surface area contributed by atoms with Crippen molar-refractivity contribution >= 4 is 31.6 Å². The number of hydrogen-bond donors (Lipinski definition) is 3. The van der Waals surface area contributed by atoms with Crippen LogP contribution in [-0.4, -0.2) is 49.8 Å². The molecule has 156 valence electrons. The summed E-state index contributed by atoms with van der Waals surface area (Å²) in [6.07, 6.45) is 4.39. The van der Waals surface area contributed by atoms with Crippen LogP contribution in [0.3, 0.4) is 0 Å². The zero-order valence-corrected chi connectivity index (χ0v) is 16.9. The van der Waals surface area contributed by atoms with Crippen molar-refractivity contribution < 1.29 is 26.8 Å². The van der Waals surface area contributed by atoms with E-state index in [-0.39, 0.29) is 22.8 Å². The van der Waals surface area contributed by atoms with Crippen LogP contribution in [0, 0.1) is 0 Å². The number of hydroxylamine groups is 1. The molecule has 0 radical (unpaired) electrons. The van der Waals surface area contributed by atoms with Gasteiger partial charge in [-0.15, -0.1) is 0 Å². The summed E-state index contributed by atoms with van der Waals surface area (Å²) >= 11 is 0. The van der Waals surface area contributed by atoms with E-state index in [0.29, 0.717) is 18.5 Å². The number of hydrogen-bond acceptors (Lipinski definition) is 7. The number of sulfonamides is 2. The molecule has 29 heavy (non-hydrogen) atoms. The van der Waals surface area contributed by atoms with Crippen molar-refractivity contribution in [2.24, 2.45) is 0 Å². The normalized spacial score (nSPS) is 18.2. The number of nitrogens with zero attached hydrogens (tertiary/aromatic N) is 2. The number of piperidine rings is 1. The summed E-state index contributed by atoms with van der Waals surface area (Å²) in [5.41, 5.74) is 1.83. The molecule has 1 aliphatic rings. The summed E-state index contributed by atoms with van der Waals surface area (Å²) in [5, 5.41) is 8.89. The first-order valence-electron chi connectivity index (χ1n) is 8.74. The molecule has 0 saturated carbocycles. The van der Waals surface area contributed by atoms with Crippen LogP contribution in [0.4, 0.5) is 5.69 Å². The van der Waals surface area contributed by atoms with Gasteiger partial charge in [0, 0.05) is 18.9 Å². The molecule has 10 nitrogen and oxygen atoms in total. The highest BCUT2D eigenvalue weighted by molar-refractivity contribution is 7.92. The summed E-state index contributed by atoms with van der Waals surface area (Å²) in [7, 11) is -7.96. The highest BCUT2D eigenvalue weighted by atomic mass is 32.2. The van der Waals surface area contributed by atoms with Gasteiger partial charge < -0.3 is 0 Å². The van der Waals surface area contributed by atoms with E-state index in [0.717, 1.165) is 4.31 Å². The molecule has 2 heterocycles. The standard InChI is InChI=1S/C17H20N4O6S2/c22-17(19-23)16-3-1-2-12-21(16)29(26,27)15-6-4-14(5-7-15)28(24,25)20-13-8-10-18-11-9-13/h4-11,16,23H,1-3,12H2,(H,18,20)(H,19,22). The lowest BCUT2D eigenvalue weighted by Gasteiger charge is -2.33. The molecule has 0 bridgehead atoms. The molecular formula is C17H20N4O6S2. The van der Waals surface area contributed by atoms with Gasteiger partial charge in [-0.25, -0.2) is 22.3 Å². The van der Waals surface area contributed by atoms with Crippen LogP contribution in [-0.2, 0) is 24.8 Å². The molecule has 1 saturated heterocycles. The quantitative estimate of drug-likeness (QED) is 0.447. The average molecular weight is 441 g/mol. The van der Waals surface area contributed by atoms with Gasteiger partial charge in [0.2, 0.25) is 10.0 Å². The van der Waals surface area contributed by atoms with Gasteiger partial charge in [-0.05, 0) is 49.2 Å². The van der Waals surface area contributed by atoms with Gasteiger partial charge in [0.25, 0.3) is 15.9 Å². The number of carbonyl (C=O) groups excluding carboxylic acids is 1. The van der Waals surface area contributed by atoms with E-state index in [2.05, 4.69) is 9.71 Å². The van der Waals surface area contributed by atoms with Gasteiger partial charge in [-0.2, -0.15) is 4.31 Å². The minimum absolute atomic E-state index is 0.114. The molecule has 3 N–H and O–H groups in total. The summed E-state index contributed by atoms with van der Waals surface area (Å²) in [6.45, 7) is 0.129. The molecule has 1 fully saturated rings. The van der Waals surface area contributed by atoms with Crippen LogP contribution in [0.25, 0.3) is 0 Å². The van der Waals surface area contributed by atoms with Crippen molar-refractivity contribution in [2.75, 3.05) is 11.3 Å². The molecule has 1 aliphatic heterocycles. The highest BCUT2D eigenvalue weighted by Crippen LogP contribution is 2.26. The fourth-order valence-corrected chi connectivity index (χ4v) is 5.80. The Balaban J connectivity index is 1.86. The molecule has 2 aromatic rings. The number of aromatic nitrogens is 1. The maximum absolute atomic E-state index is 13.0. The van der Waals surface area contributed by atoms with E-state index in [9.17, 15) is 21.6 Å². The van der Waals surface area contributed by atoms with Gasteiger partial charge in [0.05, 0.1) is 15.5 Å². The molecule has 0 spiro atoms. The fourth-order valence-electron chi connectivity index (χ4n) is 3.09. The van der Waals surface area contributed by atoms with Crippen molar-refractivity contribution in [1.82, 2.24) is 14.8 Å². The molecule has 3 rings (SSSR count). The number of carbonyl (C=O) groups is 1. The van der Waals surface area contributed by atoms with Gasteiger partial charge in [0.1, 0.15) is 6.04 Å². The first-order valence-corrected chi connectivity index (χ1v) is 11.7. The smallest absolute Gasteiger partial charge is 0.261 e. The maximum atomic E-state index is 13.0. The van der Waals surface area contributed by atoms with E-state index >= 15 is 0 Å². The Bertz CT molecular complexity index is 1070. The molecule has 1 unspecified atom stereocenters. The zero-order chi connectivity index (χ0) is 21.1. The molecule has 1 atom stereocenters. The van der Waals surface area contributed by atoms with Crippen LogP contribution in [0.1, 0.15) is 19.3 Å². The molecule has 0 aliphatic carbocycles. The van der Waals surface area contributed by atoms with E-state index in [1.165, 1.54) is 54.3 Å². The zero-order valence-electron chi connectivity index (χ0n) is 15.2. The predicted octanol–water partition coefficient (Wildman–Crippen LogP) is 0.931. The van der Waals surface area contributed by atoms with Crippen LogP contribution in [0.2, 0.25) is 0 Å². The van der Waals surface area contributed by atoms with E-state index < -0.39 is 32.0 Å². The van der Waals surface area contributed by atoms with E-state index in [1.54, 1.807) is 0 Å². The first-order chi connectivity index (χ1) is 13.8. The Labute approximate surface area is 168 Å². The molecule has 12 heteroatoms. The average Bonchev–Trinajstić information content (AvgIpc) is 2.73. The fraction of sp³-hybridized carbons (Fsp3) is 0.294. The van der Waals surface area contributed by atoms with Crippen LogP contribution >= 0.6 is 0 Å². The number of anilines is 1. The number of nitrogens with one attached hydrogen (secondary N) is 2. The predicted molar refractivity (Wildman–Crippen MR) is 103 cm³/mol. The monoisotopic (exact) mass is 440 g/mol. The van der Waals surface area contributed by atoms with Gasteiger partial charge in [-0.3, -0.25) is 19.7 Å². The molecule has 1 aromatic carbocycles. The second-order valence-electron chi connectivity index (χ2n) is 6.42. The first kappa shape index (κ1) is 21.2. The summed E-state index contributed by atoms with van der Waals surface area (Å²) in [4.78, 5) is 15.4. The highest BCUT2D eigenvalue weighted by Gasteiger charge is 2.37. The third kappa shape index (κ3) is 4.56. The Morgan fingerprint density at radius 2 is 1.62 bits per heavy atom. The van der Waals surface area contributed by atoms with Gasteiger partial charge in [0.15, 0.2) is 0 Å². The largest absolute Gasteiger partial charge is 0.289 e. The number of benzene rings is 1. The Kier molecular flexibility index (Phi) is 6.17. The second kappa shape index (κ2) is 8.45. The summed E-state index contributed by atoms with van der Waals surface area (Å²) < 4.78 is 54.3. The third-order valence-corrected chi connectivity index (χ3v) is 7.86. The van der Waals surface area contributed by atoms with Crippen LogP contribution < -0.4 is 10.2 Å². The molecular weight excluding hydrogens is 420 g/mol. The van der Waals surface area contributed by atoms with Crippen molar-refractivity contribution in [3.63, 3.8) is 0 Å². The minimum Gasteiger partial charge on any atom is -0.289 e. The Morgan fingerprint density at radius 1 is 1.00 bits per heavy atom. The van der Waals surface area contributed by atoms with Crippen LogP contribution in [0.5, 0.6) is 0 Å². The molecule has 1 aromatic heterocycles. The number of amides is 1. The Hall–Kier alpha value is -2.54. The SMILES string of the molecule is O=C(NO)C1CCCCN1S(=O)(=O)c1ccc(S(=O)(=O)Nc2ccncc2)cc1. The van der Waals surface area contributed by atoms with Crippen molar-refractivity contribution in [2.45, 2.75) is 35.1 Å². The van der Waals surface area contributed by atoms with Gasteiger partial charge in [-0.1, -0.05) is 6.42 Å². The Morgan fingerprint density at radius 3 is 2.24 bits per heavy atom. The lowest BCUT2D eigenvalue weighted by Crippen LogP contribution is -2.51. The van der Waals surface area contributed by atoms with Gasteiger partial charge >= 0.3 is 0 Å². The lowest BCUT2D eigenvalue weighted by molar-refractivity contribution is -0.134. The summed E-state index contributed by atoms with van der Waals surface area (Å²) in [6, 6.07) is 6.68. The second-order valence-corrected chi connectivity index (χ2v) is 9.99.